The Morgan fingerprint density at radius 1 is 1.29 bits per heavy atom. The number of hydrogen-bond donors (Lipinski definition) is 0. The van der Waals surface area contributed by atoms with Crippen LogP contribution in [0.2, 0.25) is 0 Å². The minimum Gasteiger partial charge on any atom is -0.485 e. The van der Waals surface area contributed by atoms with Crippen LogP contribution in [0.5, 0.6) is 5.75 Å². The van der Waals surface area contributed by atoms with Gasteiger partial charge in [0.1, 0.15) is 18.7 Å². The number of nitrogens with zero attached hydrogens (tertiary/aromatic N) is 3. The molecule has 1 aromatic carbocycles. The third kappa shape index (κ3) is 4.82. The first-order valence-electron chi connectivity index (χ1n) is 6.21. The topological polar surface area (TPSA) is 39.9 Å². The van der Waals surface area contributed by atoms with Gasteiger partial charge < -0.3 is 17.7 Å². The van der Waals surface area contributed by atoms with Crippen LogP contribution in [0.25, 0.3) is 0 Å². The summed E-state index contributed by atoms with van der Waals surface area (Å²) in [5.74, 6) is 1.05. The Morgan fingerprint density at radius 2 is 2.00 bits per heavy atom. The van der Waals surface area contributed by atoms with Crippen LogP contribution in [0, 0.1) is 6.92 Å². The van der Waals surface area contributed by atoms with Crippen LogP contribution in [0.4, 0.5) is 12.9 Å². The van der Waals surface area contributed by atoms with Gasteiger partial charge in [-0.25, -0.2) is 9.67 Å². The van der Waals surface area contributed by atoms with E-state index < -0.39 is 12.4 Å². The molecule has 0 aliphatic heterocycles. The van der Waals surface area contributed by atoms with Gasteiger partial charge in [-0.05, 0) is 25.5 Å². The molecule has 0 aliphatic carbocycles. The van der Waals surface area contributed by atoms with E-state index in [1.165, 1.54) is 12.4 Å². The second-order valence-electron chi connectivity index (χ2n) is 4.38. The summed E-state index contributed by atoms with van der Waals surface area (Å²) in [6, 6.07) is 3.47. The molecule has 0 atom stereocenters. The molecule has 0 amide bonds. The molecule has 9 heteroatoms. The summed E-state index contributed by atoms with van der Waals surface area (Å²) in [4.78, 5) is 4.04. The van der Waals surface area contributed by atoms with Crippen molar-refractivity contribution in [1.82, 2.24) is 14.8 Å². The molecule has 0 radical (unpaired) electrons. The Morgan fingerprint density at radius 3 is 2.57 bits per heavy atom. The first kappa shape index (κ1) is 18.7. The first-order chi connectivity index (χ1) is 9.41. The molecule has 1 heterocycles. The van der Waals surface area contributed by atoms with Gasteiger partial charge >= 0.3 is 58.4 Å². The van der Waals surface area contributed by atoms with Crippen molar-refractivity contribution in [2.24, 2.45) is 0 Å². The number of aryl methyl sites for hydroxylation is 2. The Hall–Kier alpha value is -0.349. The van der Waals surface area contributed by atoms with Crippen LogP contribution in [0.1, 0.15) is 18.3 Å². The van der Waals surface area contributed by atoms with Crippen molar-refractivity contribution < 1.29 is 69.1 Å². The van der Waals surface area contributed by atoms with E-state index in [1.807, 2.05) is 6.92 Å². The Labute approximate surface area is 163 Å². The van der Waals surface area contributed by atoms with Crippen molar-refractivity contribution >= 4 is 12.4 Å². The van der Waals surface area contributed by atoms with Gasteiger partial charge in [-0.2, -0.15) is 5.10 Å². The van der Waals surface area contributed by atoms with E-state index in [2.05, 4.69) is 10.1 Å². The van der Waals surface area contributed by atoms with E-state index >= 15 is 0 Å². The molecule has 2 aromatic rings. The Balaban J connectivity index is 0.00000220. The molecule has 21 heavy (non-hydrogen) atoms. The molecule has 2 rings (SSSR count). The molecule has 0 aliphatic rings. The zero-order chi connectivity index (χ0) is 14.8. The minimum absolute atomic E-state index is 0. The number of rotatable bonds is 5. The molecule has 0 bridgehead atoms. The minimum atomic E-state index is -4.98. The van der Waals surface area contributed by atoms with Crippen LogP contribution >= 0.6 is 0 Å². The summed E-state index contributed by atoms with van der Waals surface area (Å²) >= 11 is 0. The van der Waals surface area contributed by atoms with Crippen LogP contribution in [0.3, 0.4) is 0 Å². The van der Waals surface area contributed by atoms with E-state index in [4.69, 9.17) is 4.74 Å². The predicted octanol–water partition coefficient (Wildman–Crippen LogP) is -0.756. The predicted molar refractivity (Wildman–Crippen MR) is 69.9 cm³/mol. The summed E-state index contributed by atoms with van der Waals surface area (Å²) in [5, 5.41) is 4.00. The zero-order valence-electron chi connectivity index (χ0n) is 12.2. The van der Waals surface area contributed by atoms with Gasteiger partial charge in [0.15, 0.2) is 5.82 Å². The van der Waals surface area contributed by atoms with Crippen molar-refractivity contribution in [1.29, 1.82) is 0 Å². The van der Waals surface area contributed by atoms with Gasteiger partial charge in [-0.3, -0.25) is 0 Å². The summed E-state index contributed by atoms with van der Waals surface area (Å²) in [6.07, 6.45) is 1.42. The molecule has 0 unspecified atom stereocenters. The molecule has 108 valence electrons. The fourth-order valence-electron chi connectivity index (χ4n) is 1.84. The molecule has 0 saturated carbocycles. The van der Waals surface area contributed by atoms with Gasteiger partial charge in [0.25, 0.3) is 0 Å². The summed E-state index contributed by atoms with van der Waals surface area (Å²) in [7, 11) is 0. The molecular formula is C12H14BF3KN3O. The second kappa shape index (κ2) is 7.78. The third-order valence-electron chi connectivity index (χ3n) is 2.93. The number of hydrogen-bond acceptors (Lipinski definition) is 3. The molecule has 1 aromatic heterocycles. The molecule has 0 spiro atoms. The largest absolute Gasteiger partial charge is 1.00 e. The fourth-order valence-corrected chi connectivity index (χ4v) is 1.84. The average molecular weight is 323 g/mol. The maximum atomic E-state index is 12.6. The molecule has 0 saturated heterocycles. The maximum absolute atomic E-state index is 12.6. The van der Waals surface area contributed by atoms with Crippen LogP contribution in [-0.4, -0.2) is 21.7 Å². The fraction of sp³-hybridized carbons (Fsp3) is 0.333. The average Bonchev–Trinajstić information content (AvgIpc) is 2.83. The molecule has 4 nitrogen and oxygen atoms in total. The van der Waals surface area contributed by atoms with Crippen molar-refractivity contribution in [3.05, 3.63) is 35.9 Å². The molecule has 0 N–H and O–H groups in total. The monoisotopic (exact) mass is 323 g/mol. The molecule has 0 fully saturated rings. The smallest absolute Gasteiger partial charge is 0.485 e. The van der Waals surface area contributed by atoms with Crippen molar-refractivity contribution in [2.45, 2.75) is 27.0 Å². The Kier molecular flexibility index (Phi) is 6.92. The summed E-state index contributed by atoms with van der Waals surface area (Å²) in [6.45, 7) is -0.640. The third-order valence-corrected chi connectivity index (χ3v) is 2.93. The maximum Gasteiger partial charge on any atom is 1.00 e. The standard InChI is InChI=1S/C12H14BF3N3O.K/c1-3-19-12(17-8-18-19)7-20-11-5-4-10(6-9(11)2)13(14,15)16;/h4-6,8H,3,7H2,1-2H3;/q-1;+1. The van der Waals surface area contributed by atoms with Crippen molar-refractivity contribution in [2.75, 3.05) is 0 Å². The Bertz CT molecular complexity index is 604. The number of halogens is 3. The quantitative estimate of drug-likeness (QED) is 0.680. The van der Waals surface area contributed by atoms with Crippen molar-refractivity contribution in [3.63, 3.8) is 0 Å². The first-order valence-corrected chi connectivity index (χ1v) is 6.21. The van der Waals surface area contributed by atoms with Gasteiger partial charge in [-0.1, -0.05) is 12.1 Å². The van der Waals surface area contributed by atoms with Gasteiger partial charge in [0, 0.05) is 6.54 Å². The SMILES string of the molecule is CCn1ncnc1COc1ccc([B-](F)(F)F)cc1C.[K+]. The van der Waals surface area contributed by atoms with E-state index in [0.29, 0.717) is 23.7 Å². The van der Waals surface area contributed by atoms with Gasteiger partial charge in [0.05, 0.1) is 0 Å². The van der Waals surface area contributed by atoms with E-state index in [0.717, 1.165) is 12.1 Å². The number of benzene rings is 1. The normalized spacial score (nSPS) is 11.1. The van der Waals surface area contributed by atoms with Crippen LogP contribution in [0.15, 0.2) is 24.5 Å². The second-order valence-corrected chi connectivity index (χ2v) is 4.38. The van der Waals surface area contributed by atoms with E-state index in [9.17, 15) is 12.9 Å². The van der Waals surface area contributed by atoms with Gasteiger partial charge in [-0.15, -0.1) is 5.46 Å². The van der Waals surface area contributed by atoms with Crippen molar-refractivity contribution in [3.8, 4) is 5.75 Å². The molecular weight excluding hydrogens is 309 g/mol. The van der Waals surface area contributed by atoms with E-state index in [1.54, 1.807) is 11.6 Å². The van der Waals surface area contributed by atoms with Crippen LogP contribution in [-0.2, 0) is 13.2 Å². The van der Waals surface area contributed by atoms with E-state index in [-0.39, 0.29) is 58.0 Å². The summed E-state index contributed by atoms with van der Waals surface area (Å²) < 4.78 is 45.0. The van der Waals surface area contributed by atoms with Gasteiger partial charge in [0.2, 0.25) is 0 Å². The number of aromatic nitrogens is 3. The summed E-state index contributed by atoms with van der Waals surface area (Å²) in [5.41, 5.74) is -0.171. The zero-order valence-corrected chi connectivity index (χ0v) is 15.3. The number of ether oxygens (including phenoxy) is 1. The van der Waals surface area contributed by atoms with Crippen LogP contribution < -0.4 is 61.6 Å².